The lowest BCUT2D eigenvalue weighted by atomic mass is 9.98. The van der Waals surface area contributed by atoms with Crippen molar-refractivity contribution in [3.8, 4) is 0 Å². The molecule has 1 fully saturated rings. The normalized spacial score (nSPS) is 28.3. The molecule has 3 heterocycles. The topological polar surface area (TPSA) is 143 Å². The van der Waals surface area contributed by atoms with E-state index in [0.29, 0.717) is 22.3 Å². The van der Waals surface area contributed by atoms with Crippen molar-refractivity contribution in [1.82, 2.24) is 0 Å². The van der Waals surface area contributed by atoms with E-state index in [4.69, 9.17) is 18.3 Å². The number of aliphatic hydroxyl groups is 4. The van der Waals surface area contributed by atoms with Gasteiger partial charge in [-0.15, -0.1) is 0 Å². The first-order chi connectivity index (χ1) is 13.7. The molecule has 4 rings (SSSR count). The van der Waals surface area contributed by atoms with E-state index in [1.54, 1.807) is 38.1 Å². The highest BCUT2D eigenvalue weighted by molar-refractivity contribution is 6.02. The summed E-state index contributed by atoms with van der Waals surface area (Å²) in [4.78, 5) is 11.6. The lowest BCUT2D eigenvalue weighted by Crippen LogP contribution is -2.60. The molecule has 0 unspecified atom stereocenters. The summed E-state index contributed by atoms with van der Waals surface area (Å²) in [5.74, 6) is 0.364. The molecule has 1 aliphatic rings. The highest BCUT2D eigenvalue weighted by atomic mass is 16.7. The van der Waals surface area contributed by atoms with E-state index in [2.05, 4.69) is 0 Å². The van der Waals surface area contributed by atoms with Crippen molar-refractivity contribution >= 4 is 21.9 Å². The molecule has 29 heavy (non-hydrogen) atoms. The van der Waals surface area contributed by atoms with Gasteiger partial charge in [-0.25, -0.2) is 4.79 Å². The van der Waals surface area contributed by atoms with Gasteiger partial charge in [0.25, 0.3) is 0 Å². The summed E-state index contributed by atoms with van der Waals surface area (Å²) in [5.41, 5.74) is -0.751. The SMILES string of the molecule is CC(C)(O[C@@H]1O[C@H](CO)[C@@H](O)[C@H](O)[C@H]1O)c1cc2c(ccc3ccc(=O)oc32)o1. The minimum Gasteiger partial charge on any atom is -0.458 e. The molecule has 0 saturated carbocycles. The van der Waals surface area contributed by atoms with Crippen molar-refractivity contribution in [1.29, 1.82) is 0 Å². The monoisotopic (exact) mass is 406 g/mol. The van der Waals surface area contributed by atoms with Gasteiger partial charge >= 0.3 is 5.63 Å². The molecule has 1 saturated heterocycles. The summed E-state index contributed by atoms with van der Waals surface area (Å²) < 4.78 is 22.5. The summed E-state index contributed by atoms with van der Waals surface area (Å²) in [7, 11) is 0. The van der Waals surface area contributed by atoms with Gasteiger partial charge in [0, 0.05) is 11.5 Å². The third-order valence-corrected chi connectivity index (χ3v) is 5.14. The Morgan fingerprint density at radius 1 is 1.03 bits per heavy atom. The molecule has 4 N–H and O–H groups in total. The largest absolute Gasteiger partial charge is 0.458 e. The van der Waals surface area contributed by atoms with Crippen LogP contribution in [0.3, 0.4) is 0 Å². The van der Waals surface area contributed by atoms with Gasteiger partial charge in [0.05, 0.1) is 12.0 Å². The van der Waals surface area contributed by atoms with Crippen molar-refractivity contribution in [2.75, 3.05) is 6.61 Å². The van der Waals surface area contributed by atoms with Crippen LogP contribution in [-0.4, -0.2) is 57.7 Å². The van der Waals surface area contributed by atoms with Crippen molar-refractivity contribution < 1.29 is 38.7 Å². The van der Waals surface area contributed by atoms with Gasteiger partial charge in [0.2, 0.25) is 0 Å². The Bertz CT molecular complexity index is 1080. The van der Waals surface area contributed by atoms with Crippen molar-refractivity contribution in [3.05, 3.63) is 46.5 Å². The minimum atomic E-state index is -1.55. The van der Waals surface area contributed by atoms with Gasteiger partial charge in [-0.05, 0) is 38.1 Å². The van der Waals surface area contributed by atoms with E-state index in [1.165, 1.54) is 6.07 Å². The number of rotatable bonds is 4. The number of benzene rings is 1. The molecular formula is C20H22O9. The fraction of sp³-hybridized carbons (Fsp3) is 0.450. The van der Waals surface area contributed by atoms with Gasteiger partial charge < -0.3 is 38.7 Å². The van der Waals surface area contributed by atoms with Crippen LogP contribution in [0.15, 0.2) is 44.0 Å². The first-order valence-corrected chi connectivity index (χ1v) is 9.16. The van der Waals surface area contributed by atoms with Gasteiger partial charge in [-0.1, -0.05) is 0 Å². The minimum absolute atomic E-state index is 0.364. The maximum Gasteiger partial charge on any atom is 0.336 e. The number of hydrogen-bond donors (Lipinski definition) is 4. The van der Waals surface area contributed by atoms with Crippen LogP contribution < -0.4 is 5.63 Å². The van der Waals surface area contributed by atoms with Gasteiger partial charge in [-0.3, -0.25) is 0 Å². The summed E-state index contributed by atoms with van der Waals surface area (Å²) in [6, 6.07) is 8.17. The zero-order valence-corrected chi connectivity index (χ0v) is 15.8. The lowest BCUT2D eigenvalue weighted by Gasteiger charge is -2.42. The Labute approximate surface area is 164 Å². The second kappa shape index (κ2) is 7.21. The average Bonchev–Trinajstić information content (AvgIpc) is 3.14. The van der Waals surface area contributed by atoms with Crippen molar-refractivity contribution in [3.63, 3.8) is 0 Å². The third-order valence-electron chi connectivity index (χ3n) is 5.14. The van der Waals surface area contributed by atoms with Gasteiger partial charge in [0.1, 0.15) is 46.9 Å². The molecule has 0 aliphatic carbocycles. The van der Waals surface area contributed by atoms with E-state index in [0.717, 1.165) is 5.39 Å². The molecule has 1 aliphatic heterocycles. The predicted octanol–water partition coefficient (Wildman–Crippen LogP) is 0.591. The molecule has 0 bridgehead atoms. The quantitative estimate of drug-likeness (QED) is 0.458. The summed E-state index contributed by atoms with van der Waals surface area (Å²) in [6.45, 7) is 2.79. The standard InChI is InChI=1S/C20H22O9/c1-20(2,29-19-17(25)16(24)15(23)12(8-21)27-19)13-7-10-11(26-13)5-3-9-4-6-14(22)28-18(9)10/h3-7,12,15-17,19,21,23-25H,8H2,1-2H3/t12-,15-,16+,17-,19+/m1/s1. The maximum atomic E-state index is 11.6. The Kier molecular flexibility index (Phi) is 4.97. The Morgan fingerprint density at radius 3 is 2.48 bits per heavy atom. The molecule has 0 radical (unpaired) electrons. The highest BCUT2D eigenvalue weighted by Crippen LogP contribution is 2.36. The average molecular weight is 406 g/mol. The van der Waals surface area contributed by atoms with E-state index < -0.39 is 48.5 Å². The van der Waals surface area contributed by atoms with E-state index >= 15 is 0 Å². The summed E-state index contributed by atoms with van der Waals surface area (Å²) >= 11 is 0. The number of hydrogen-bond acceptors (Lipinski definition) is 9. The van der Waals surface area contributed by atoms with Crippen LogP contribution in [0.1, 0.15) is 19.6 Å². The molecule has 3 aromatic rings. The smallest absolute Gasteiger partial charge is 0.336 e. The third kappa shape index (κ3) is 3.46. The zero-order chi connectivity index (χ0) is 20.9. The highest BCUT2D eigenvalue weighted by Gasteiger charge is 2.46. The molecule has 1 aromatic carbocycles. The first kappa shape index (κ1) is 20.0. The summed E-state index contributed by atoms with van der Waals surface area (Å²) in [6.07, 6.45) is -6.95. The number of aliphatic hydroxyl groups excluding tert-OH is 4. The molecule has 2 aromatic heterocycles. The zero-order valence-electron chi connectivity index (χ0n) is 15.8. The van der Waals surface area contributed by atoms with E-state index in [-0.39, 0.29) is 0 Å². The van der Waals surface area contributed by atoms with Crippen molar-refractivity contribution in [2.45, 2.75) is 50.2 Å². The molecule has 0 spiro atoms. The number of ether oxygens (including phenoxy) is 2. The second-order valence-corrected chi connectivity index (χ2v) is 7.59. The van der Waals surface area contributed by atoms with Crippen LogP contribution >= 0.6 is 0 Å². The van der Waals surface area contributed by atoms with Gasteiger partial charge in [-0.2, -0.15) is 0 Å². The predicted molar refractivity (Wildman–Crippen MR) is 100 cm³/mol. The van der Waals surface area contributed by atoms with Crippen LogP contribution in [0.4, 0.5) is 0 Å². The molecule has 9 nitrogen and oxygen atoms in total. The number of furan rings is 1. The molecule has 0 amide bonds. The van der Waals surface area contributed by atoms with Crippen LogP contribution in [0.5, 0.6) is 0 Å². The Hall–Kier alpha value is -2.27. The first-order valence-electron chi connectivity index (χ1n) is 9.16. The van der Waals surface area contributed by atoms with E-state index in [1.807, 2.05) is 0 Å². The lowest BCUT2D eigenvalue weighted by molar-refractivity contribution is -0.326. The van der Waals surface area contributed by atoms with Crippen molar-refractivity contribution in [2.24, 2.45) is 0 Å². The molecule has 5 atom stereocenters. The van der Waals surface area contributed by atoms with Crippen LogP contribution in [-0.2, 0) is 15.1 Å². The summed E-state index contributed by atoms with van der Waals surface area (Å²) in [5, 5.41) is 40.7. The number of fused-ring (bicyclic) bond motifs is 3. The molecule has 9 heteroatoms. The van der Waals surface area contributed by atoms with Gasteiger partial charge in [0.15, 0.2) is 6.29 Å². The fourth-order valence-corrected chi connectivity index (χ4v) is 3.45. The van der Waals surface area contributed by atoms with Crippen LogP contribution in [0.25, 0.3) is 21.9 Å². The fourth-order valence-electron chi connectivity index (χ4n) is 3.45. The second-order valence-electron chi connectivity index (χ2n) is 7.59. The van der Waals surface area contributed by atoms with Crippen LogP contribution in [0.2, 0.25) is 0 Å². The van der Waals surface area contributed by atoms with Crippen LogP contribution in [0, 0.1) is 0 Å². The molecular weight excluding hydrogens is 384 g/mol. The Balaban J connectivity index is 1.68. The Morgan fingerprint density at radius 2 is 1.76 bits per heavy atom. The molecule has 156 valence electrons. The van der Waals surface area contributed by atoms with E-state index in [9.17, 15) is 25.2 Å². The maximum absolute atomic E-state index is 11.6.